The van der Waals surface area contributed by atoms with E-state index >= 15 is 0 Å². The molecule has 0 aliphatic carbocycles. The lowest BCUT2D eigenvalue weighted by molar-refractivity contribution is 0.413. The Kier molecular flexibility index (Phi) is 3.02. The minimum atomic E-state index is 0.906. The minimum absolute atomic E-state index is 0.906. The van der Waals surface area contributed by atoms with Crippen LogP contribution in [0.2, 0.25) is 0 Å². The summed E-state index contributed by atoms with van der Waals surface area (Å²) in [5.74, 6) is 0.906. The number of nitrogens with one attached hydrogen (secondary N) is 1. The molecule has 1 N–H and O–H groups in total. The Morgan fingerprint density at radius 2 is 2.06 bits per heavy atom. The van der Waals surface area contributed by atoms with Crippen LogP contribution in [-0.4, -0.2) is 38.3 Å². The van der Waals surface area contributed by atoms with Gasteiger partial charge in [0.15, 0.2) is 0 Å². The van der Waals surface area contributed by atoms with Gasteiger partial charge in [0, 0.05) is 37.8 Å². The first-order valence-electron chi connectivity index (χ1n) is 6.27. The highest BCUT2D eigenvalue weighted by molar-refractivity contribution is 5.94. The lowest BCUT2D eigenvalue weighted by Gasteiger charge is -2.31. The maximum absolute atomic E-state index is 5.50. The molecule has 2 heterocycles. The van der Waals surface area contributed by atoms with E-state index in [1.807, 2.05) is 18.3 Å². The van der Waals surface area contributed by atoms with E-state index in [0.717, 1.165) is 48.5 Å². The number of ether oxygens (including phenoxy) is 1. The molecule has 0 atom stereocenters. The van der Waals surface area contributed by atoms with Crippen LogP contribution in [0.25, 0.3) is 10.9 Å². The molecule has 1 aliphatic rings. The second-order valence-corrected chi connectivity index (χ2v) is 4.43. The summed E-state index contributed by atoms with van der Waals surface area (Å²) in [7, 11) is 1.72. The Morgan fingerprint density at radius 3 is 2.83 bits per heavy atom. The lowest BCUT2D eigenvalue weighted by atomic mass is 10.1. The number of rotatable bonds is 2. The van der Waals surface area contributed by atoms with Crippen molar-refractivity contribution in [1.29, 1.82) is 0 Å². The van der Waals surface area contributed by atoms with E-state index in [1.54, 1.807) is 7.11 Å². The molecule has 0 unspecified atom stereocenters. The molecule has 18 heavy (non-hydrogen) atoms. The summed E-state index contributed by atoms with van der Waals surface area (Å²) in [5.41, 5.74) is 2.15. The zero-order chi connectivity index (χ0) is 12.4. The fourth-order valence-corrected chi connectivity index (χ4v) is 2.47. The van der Waals surface area contributed by atoms with Crippen molar-refractivity contribution in [2.24, 2.45) is 0 Å². The molecule has 0 radical (unpaired) electrons. The number of hydrogen-bond donors (Lipinski definition) is 1. The summed E-state index contributed by atoms with van der Waals surface area (Å²) in [6.07, 6.45) is 1.84. The molecule has 3 rings (SSSR count). The first kappa shape index (κ1) is 11.3. The van der Waals surface area contributed by atoms with Crippen LogP contribution in [0.3, 0.4) is 0 Å². The first-order chi connectivity index (χ1) is 8.90. The Balaban J connectivity index is 2.16. The number of benzene rings is 1. The smallest absolute Gasteiger partial charge is 0.144 e. The lowest BCUT2D eigenvalue weighted by Crippen LogP contribution is -2.43. The molecule has 1 aromatic heterocycles. The summed E-state index contributed by atoms with van der Waals surface area (Å²) in [6.45, 7) is 4.00. The molecule has 0 spiro atoms. The number of pyridine rings is 1. The van der Waals surface area contributed by atoms with Gasteiger partial charge in [-0.3, -0.25) is 4.98 Å². The van der Waals surface area contributed by atoms with Gasteiger partial charge in [0.1, 0.15) is 11.4 Å². The summed E-state index contributed by atoms with van der Waals surface area (Å²) in [5, 5.41) is 4.53. The third-order valence-corrected chi connectivity index (χ3v) is 3.36. The van der Waals surface area contributed by atoms with E-state index in [1.165, 1.54) is 0 Å². The first-order valence-corrected chi connectivity index (χ1v) is 6.27. The van der Waals surface area contributed by atoms with Crippen molar-refractivity contribution in [1.82, 2.24) is 10.3 Å². The fourth-order valence-electron chi connectivity index (χ4n) is 2.47. The minimum Gasteiger partial charge on any atom is -0.494 e. The monoisotopic (exact) mass is 243 g/mol. The molecule has 0 amide bonds. The van der Waals surface area contributed by atoms with Crippen LogP contribution in [0, 0.1) is 0 Å². The number of anilines is 1. The van der Waals surface area contributed by atoms with Crippen LogP contribution in [0.1, 0.15) is 0 Å². The van der Waals surface area contributed by atoms with Crippen molar-refractivity contribution in [3.05, 3.63) is 30.5 Å². The molecule has 2 aromatic rings. The Hall–Kier alpha value is -1.81. The fraction of sp³-hybridized carbons (Fsp3) is 0.357. The van der Waals surface area contributed by atoms with Gasteiger partial charge in [-0.2, -0.15) is 0 Å². The van der Waals surface area contributed by atoms with Gasteiger partial charge < -0.3 is 15.0 Å². The summed E-state index contributed by atoms with van der Waals surface area (Å²) >= 11 is 0. The van der Waals surface area contributed by atoms with E-state index < -0.39 is 0 Å². The van der Waals surface area contributed by atoms with Gasteiger partial charge in [0.25, 0.3) is 0 Å². The number of aromatic nitrogens is 1. The van der Waals surface area contributed by atoms with Crippen LogP contribution in [0.15, 0.2) is 30.5 Å². The molecular weight excluding hydrogens is 226 g/mol. The highest BCUT2D eigenvalue weighted by atomic mass is 16.5. The SMILES string of the molecule is COc1ccc2cccnc2c1N1CCNCC1. The summed E-state index contributed by atoms with van der Waals surface area (Å²) in [4.78, 5) is 6.87. The predicted octanol–water partition coefficient (Wildman–Crippen LogP) is 1.65. The van der Waals surface area contributed by atoms with Crippen molar-refractivity contribution in [3.63, 3.8) is 0 Å². The van der Waals surface area contributed by atoms with Gasteiger partial charge in [-0.25, -0.2) is 0 Å². The number of fused-ring (bicyclic) bond motifs is 1. The highest BCUT2D eigenvalue weighted by Gasteiger charge is 2.18. The topological polar surface area (TPSA) is 37.4 Å². The highest BCUT2D eigenvalue weighted by Crippen LogP contribution is 2.35. The van der Waals surface area contributed by atoms with Gasteiger partial charge in [0.2, 0.25) is 0 Å². The third kappa shape index (κ3) is 1.88. The van der Waals surface area contributed by atoms with Crippen molar-refractivity contribution in [2.75, 3.05) is 38.2 Å². The molecule has 4 nitrogen and oxygen atoms in total. The van der Waals surface area contributed by atoms with Gasteiger partial charge in [-0.15, -0.1) is 0 Å². The second kappa shape index (κ2) is 4.82. The largest absolute Gasteiger partial charge is 0.494 e. The number of methoxy groups -OCH3 is 1. The van der Waals surface area contributed by atoms with E-state index in [9.17, 15) is 0 Å². The number of hydrogen-bond acceptors (Lipinski definition) is 4. The van der Waals surface area contributed by atoms with Gasteiger partial charge in [0.05, 0.1) is 12.6 Å². The normalized spacial score (nSPS) is 15.9. The van der Waals surface area contributed by atoms with Crippen molar-refractivity contribution < 1.29 is 4.74 Å². The number of piperazine rings is 1. The standard InChI is InChI=1S/C14H17N3O/c1-18-12-5-4-11-3-2-6-16-13(11)14(12)17-9-7-15-8-10-17/h2-6,15H,7-10H2,1H3. The quantitative estimate of drug-likeness (QED) is 0.870. The van der Waals surface area contributed by atoms with Gasteiger partial charge >= 0.3 is 0 Å². The molecule has 1 aromatic carbocycles. The molecule has 0 saturated carbocycles. The Morgan fingerprint density at radius 1 is 1.22 bits per heavy atom. The summed E-state index contributed by atoms with van der Waals surface area (Å²) < 4.78 is 5.50. The zero-order valence-electron chi connectivity index (χ0n) is 10.5. The maximum Gasteiger partial charge on any atom is 0.144 e. The third-order valence-electron chi connectivity index (χ3n) is 3.36. The van der Waals surface area contributed by atoms with Crippen molar-refractivity contribution in [3.8, 4) is 5.75 Å². The summed E-state index contributed by atoms with van der Waals surface area (Å²) in [6, 6.07) is 8.15. The van der Waals surface area contributed by atoms with Crippen LogP contribution >= 0.6 is 0 Å². The van der Waals surface area contributed by atoms with Gasteiger partial charge in [-0.05, 0) is 18.2 Å². The van der Waals surface area contributed by atoms with Crippen molar-refractivity contribution in [2.45, 2.75) is 0 Å². The van der Waals surface area contributed by atoms with Gasteiger partial charge in [-0.1, -0.05) is 6.07 Å². The average Bonchev–Trinajstić information content (AvgIpc) is 2.47. The molecule has 1 saturated heterocycles. The van der Waals surface area contributed by atoms with Crippen LogP contribution < -0.4 is 15.0 Å². The Labute approximate surface area is 107 Å². The van der Waals surface area contributed by atoms with E-state index in [-0.39, 0.29) is 0 Å². The van der Waals surface area contributed by atoms with E-state index in [2.05, 4.69) is 27.3 Å². The molecule has 1 fully saturated rings. The molecule has 0 bridgehead atoms. The molecular formula is C14H17N3O. The number of nitrogens with zero attached hydrogens (tertiary/aromatic N) is 2. The van der Waals surface area contributed by atoms with E-state index in [0.29, 0.717) is 0 Å². The van der Waals surface area contributed by atoms with E-state index in [4.69, 9.17) is 4.74 Å². The average molecular weight is 243 g/mol. The Bertz CT molecular complexity index is 550. The van der Waals surface area contributed by atoms with Crippen LogP contribution in [0.4, 0.5) is 5.69 Å². The molecule has 94 valence electrons. The maximum atomic E-state index is 5.50. The zero-order valence-corrected chi connectivity index (χ0v) is 10.5. The second-order valence-electron chi connectivity index (χ2n) is 4.43. The molecule has 1 aliphatic heterocycles. The molecule has 4 heteroatoms. The van der Waals surface area contributed by atoms with Crippen molar-refractivity contribution >= 4 is 16.6 Å². The van der Waals surface area contributed by atoms with Crippen LogP contribution in [0.5, 0.6) is 5.75 Å². The predicted molar refractivity (Wildman–Crippen MR) is 73.4 cm³/mol. The van der Waals surface area contributed by atoms with Crippen LogP contribution in [-0.2, 0) is 0 Å².